The van der Waals surface area contributed by atoms with Gasteiger partial charge in [0.1, 0.15) is 0 Å². The van der Waals surface area contributed by atoms with E-state index in [2.05, 4.69) is 78.6 Å². The summed E-state index contributed by atoms with van der Waals surface area (Å²) < 4.78 is 1.80. The van der Waals surface area contributed by atoms with Crippen molar-refractivity contribution in [3.05, 3.63) is 56.5 Å². The Morgan fingerprint density at radius 1 is 1.11 bits per heavy atom. The molecule has 5 nitrogen and oxygen atoms in total. The molecular formula is C20H24Br2N4O. The van der Waals surface area contributed by atoms with E-state index in [1.54, 1.807) is 6.21 Å². The third-order valence-corrected chi connectivity index (χ3v) is 5.29. The second-order valence-corrected chi connectivity index (χ2v) is 7.72. The second-order valence-electron chi connectivity index (χ2n) is 6.01. The molecule has 7 heteroatoms. The molecule has 0 saturated heterocycles. The average Bonchev–Trinajstić information content (AvgIpc) is 2.63. The van der Waals surface area contributed by atoms with Gasteiger partial charge in [-0.25, -0.2) is 5.43 Å². The van der Waals surface area contributed by atoms with E-state index in [1.807, 2.05) is 31.2 Å². The molecule has 0 spiro atoms. The zero-order valence-electron chi connectivity index (χ0n) is 15.7. The molecule has 0 aliphatic heterocycles. The Kier molecular flexibility index (Phi) is 8.31. The van der Waals surface area contributed by atoms with Gasteiger partial charge in [-0.1, -0.05) is 12.1 Å². The molecule has 0 heterocycles. The van der Waals surface area contributed by atoms with Gasteiger partial charge < -0.3 is 10.2 Å². The van der Waals surface area contributed by atoms with Crippen molar-refractivity contribution in [1.82, 2.24) is 5.43 Å². The fourth-order valence-electron chi connectivity index (χ4n) is 2.62. The number of nitrogens with zero attached hydrogens (tertiary/aromatic N) is 2. The predicted molar refractivity (Wildman–Crippen MR) is 121 cm³/mol. The van der Waals surface area contributed by atoms with Crippen molar-refractivity contribution < 1.29 is 4.79 Å². The summed E-state index contributed by atoms with van der Waals surface area (Å²) in [5.74, 6) is -0.217. The highest BCUT2D eigenvalue weighted by Gasteiger charge is 2.08. The Bertz CT molecular complexity index is 779. The predicted octanol–water partition coefficient (Wildman–Crippen LogP) is 4.93. The number of benzene rings is 2. The van der Waals surface area contributed by atoms with E-state index >= 15 is 0 Å². The van der Waals surface area contributed by atoms with Gasteiger partial charge in [-0.2, -0.15) is 5.10 Å². The third kappa shape index (κ3) is 6.36. The second kappa shape index (κ2) is 10.5. The topological polar surface area (TPSA) is 56.7 Å². The Hall–Kier alpha value is -1.86. The lowest BCUT2D eigenvalue weighted by atomic mass is 10.2. The van der Waals surface area contributed by atoms with Crippen LogP contribution in [0.3, 0.4) is 0 Å². The van der Waals surface area contributed by atoms with E-state index in [1.165, 1.54) is 5.69 Å². The van der Waals surface area contributed by atoms with Crippen LogP contribution >= 0.6 is 31.9 Å². The fourth-order valence-corrected chi connectivity index (χ4v) is 4.31. The normalized spacial score (nSPS) is 10.9. The molecule has 2 aromatic carbocycles. The summed E-state index contributed by atoms with van der Waals surface area (Å²) in [6.07, 6.45) is 1.64. The summed E-state index contributed by atoms with van der Waals surface area (Å²) in [5.41, 5.74) is 6.62. The van der Waals surface area contributed by atoms with Crippen LogP contribution < -0.4 is 15.6 Å². The molecule has 0 aliphatic carbocycles. The number of aryl methyl sites for hydroxylation is 1. The van der Waals surface area contributed by atoms with Crippen molar-refractivity contribution in [2.24, 2.45) is 5.10 Å². The molecule has 2 N–H and O–H groups in total. The van der Waals surface area contributed by atoms with Gasteiger partial charge in [-0.05, 0) is 88.0 Å². The van der Waals surface area contributed by atoms with Gasteiger partial charge >= 0.3 is 0 Å². The van der Waals surface area contributed by atoms with Gasteiger partial charge in [0.2, 0.25) is 0 Å². The number of halogens is 2. The minimum absolute atomic E-state index is 0.124. The van der Waals surface area contributed by atoms with Gasteiger partial charge in [0.25, 0.3) is 5.91 Å². The van der Waals surface area contributed by atoms with Crippen LogP contribution in [0.5, 0.6) is 0 Å². The highest BCUT2D eigenvalue weighted by atomic mass is 79.9. The maximum atomic E-state index is 12.0. The van der Waals surface area contributed by atoms with E-state index in [-0.39, 0.29) is 12.5 Å². The number of anilines is 2. The number of rotatable bonds is 8. The molecule has 0 aliphatic rings. The molecule has 0 radical (unpaired) electrons. The Morgan fingerprint density at radius 3 is 2.26 bits per heavy atom. The Labute approximate surface area is 177 Å². The van der Waals surface area contributed by atoms with Crippen molar-refractivity contribution in [2.75, 3.05) is 29.9 Å². The molecule has 27 heavy (non-hydrogen) atoms. The number of hydrogen-bond donors (Lipinski definition) is 2. The van der Waals surface area contributed by atoms with Gasteiger partial charge in [0.15, 0.2) is 0 Å². The summed E-state index contributed by atoms with van der Waals surface area (Å²) >= 11 is 7.00. The first-order valence-corrected chi connectivity index (χ1v) is 10.4. The molecule has 2 rings (SSSR count). The molecule has 0 aromatic heterocycles. The highest BCUT2D eigenvalue weighted by molar-refractivity contribution is 9.11. The largest absolute Gasteiger partial charge is 0.374 e. The zero-order valence-corrected chi connectivity index (χ0v) is 18.9. The van der Waals surface area contributed by atoms with Gasteiger partial charge in [0.05, 0.1) is 18.4 Å². The first-order chi connectivity index (χ1) is 12.9. The number of nitrogens with one attached hydrogen (secondary N) is 2. The first-order valence-electron chi connectivity index (χ1n) is 8.81. The van der Waals surface area contributed by atoms with Crippen molar-refractivity contribution in [2.45, 2.75) is 20.8 Å². The number of carbonyl (C=O) groups is 1. The minimum atomic E-state index is -0.217. The zero-order chi connectivity index (χ0) is 19.8. The number of carbonyl (C=O) groups excluding carboxylic acids is 1. The van der Waals surface area contributed by atoms with E-state index in [0.29, 0.717) is 0 Å². The smallest absolute Gasteiger partial charge is 0.259 e. The summed E-state index contributed by atoms with van der Waals surface area (Å²) in [4.78, 5) is 14.3. The van der Waals surface area contributed by atoms with E-state index < -0.39 is 0 Å². The first kappa shape index (κ1) is 21.4. The monoisotopic (exact) mass is 494 g/mol. The fraction of sp³-hybridized carbons (Fsp3) is 0.300. The van der Waals surface area contributed by atoms with Gasteiger partial charge in [-0.3, -0.25) is 4.79 Å². The van der Waals surface area contributed by atoms with Crippen LogP contribution in [0.2, 0.25) is 0 Å². The van der Waals surface area contributed by atoms with Crippen LogP contribution in [0.25, 0.3) is 0 Å². The SMILES string of the molecule is CCN(CC)c1ccc(/C=N/NC(=O)CNc2c(Br)cc(C)cc2Br)cc1. The standard InChI is InChI=1S/C20H24Br2N4O/c1-4-26(5-2)16-8-6-15(7-9-16)12-24-25-19(27)13-23-20-17(21)10-14(3)11-18(20)22/h6-12,23H,4-5,13H2,1-3H3,(H,25,27)/b24-12+. The number of hydrazone groups is 1. The van der Waals surface area contributed by atoms with Gasteiger partial charge in [0, 0.05) is 27.7 Å². The van der Waals surface area contributed by atoms with Crippen LogP contribution in [-0.2, 0) is 4.79 Å². The van der Waals surface area contributed by atoms with Crippen LogP contribution in [-0.4, -0.2) is 31.8 Å². The van der Waals surface area contributed by atoms with Crippen molar-refractivity contribution >= 4 is 55.4 Å². The van der Waals surface area contributed by atoms with Gasteiger partial charge in [-0.15, -0.1) is 0 Å². The molecule has 0 unspecified atom stereocenters. The Morgan fingerprint density at radius 2 is 1.70 bits per heavy atom. The highest BCUT2D eigenvalue weighted by Crippen LogP contribution is 2.32. The lowest BCUT2D eigenvalue weighted by Crippen LogP contribution is -2.26. The third-order valence-electron chi connectivity index (χ3n) is 4.04. The molecule has 0 atom stereocenters. The van der Waals surface area contributed by atoms with E-state index in [4.69, 9.17) is 0 Å². The van der Waals surface area contributed by atoms with Crippen LogP contribution in [0.15, 0.2) is 50.4 Å². The van der Waals surface area contributed by atoms with E-state index in [0.717, 1.165) is 38.8 Å². The minimum Gasteiger partial charge on any atom is -0.374 e. The molecule has 0 fully saturated rings. The van der Waals surface area contributed by atoms with Crippen LogP contribution in [0.4, 0.5) is 11.4 Å². The quantitative estimate of drug-likeness (QED) is 0.403. The molecule has 0 saturated carbocycles. The molecule has 1 amide bonds. The Balaban J connectivity index is 1.86. The molecule has 2 aromatic rings. The van der Waals surface area contributed by atoms with Crippen molar-refractivity contribution in [1.29, 1.82) is 0 Å². The molecule has 144 valence electrons. The molecule has 0 bridgehead atoms. The summed E-state index contributed by atoms with van der Waals surface area (Å²) in [6, 6.07) is 12.1. The lowest BCUT2D eigenvalue weighted by Gasteiger charge is -2.20. The number of amides is 1. The van der Waals surface area contributed by atoms with Crippen LogP contribution in [0, 0.1) is 6.92 Å². The summed E-state index contributed by atoms with van der Waals surface area (Å²) in [6.45, 7) is 8.35. The summed E-state index contributed by atoms with van der Waals surface area (Å²) in [5, 5.41) is 7.13. The van der Waals surface area contributed by atoms with Crippen molar-refractivity contribution in [3.63, 3.8) is 0 Å². The van der Waals surface area contributed by atoms with E-state index in [9.17, 15) is 4.79 Å². The lowest BCUT2D eigenvalue weighted by molar-refractivity contribution is -0.119. The maximum Gasteiger partial charge on any atom is 0.259 e. The average molecular weight is 496 g/mol. The van der Waals surface area contributed by atoms with Crippen LogP contribution in [0.1, 0.15) is 25.0 Å². The maximum absolute atomic E-state index is 12.0. The summed E-state index contributed by atoms with van der Waals surface area (Å²) in [7, 11) is 0. The van der Waals surface area contributed by atoms with Crippen molar-refractivity contribution in [3.8, 4) is 0 Å². The molecular weight excluding hydrogens is 472 g/mol. The number of hydrogen-bond acceptors (Lipinski definition) is 4.